The van der Waals surface area contributed by atoms with Gasteiger partial charge in [-0.15, -0.1) is 0 Å². The molecule has 0 aromatic heterocycles. The second-order valence-electron chi connectivity index (χ2n) is 6.59. The zero-order valence-electron chi connectivity index (χ0n) is 12.3. The highest BCUT2D eigenvalue weighted by atomic mass is 15.3. The number of likely N-dealkylation sites (N-methyl/N-ethyl adjacent to an activating group) is 1. The summed E-state index contributed by atoms with van der Waals surface area (Å²) in [5, 5.41) is 0. The average Bonchev–Trinajstić information content (AvgIpc) is 1.99. The minimum Gasteiger partial charge on any atom is -0.329 e. The van der Waals surface area contributed by atoms with Crippen LogP contribution in [0.25, 0.3) is 0 Å². The van der Waals surface area contributed by atoms with Crippen LogP contribution >= 0.6 is 0 Å². The second-order valence-corrected chi connectivity index (χ2v) is 6.59. The van der Waals surface area contributed by atoms with Gasteiger partial charge in [-0.1, -0.05) is 0 Å². The fourth-order valence-electron chi connectivity index (χ4n) is 2.28. The average molecular weight is 229 g/mol. The van der Waals surface area contributed by atoms with Crippen molar-refractivity contribution in [3.05, 3.63) is 0 Å². The molecule has 0 aliphatic carbocycles. The monoisotopic (exact) mass is 229 g/mol. The van der Waals surface area contributed by atoms with E-state index in [1.807, 2.05) is 0 Å². The van der Waals surface area contributed by atoms with Gasteiger partial charge in [-0.2, -0.15) is 0 Å². The molecule has 0 aliphatic heterocycles. The van der Waals surface area contributed by atoms with Gasteiger partial charge >= 0.3 is 0 Å². The van der Waals surface area contributed by atoms with Gasteiger partial charge in [0.25, 0.3) is 0 Å². The van der Waals surface area contributed by atoms with Crippen LogP contribution in [0.5, 0.6) is 0 Å². The van der Waals surface area contributed by atoms with Gasteiger partial charge < -0.3 is 10.6 Å². The third-order valence-corrected chi connectivity index (χ3v) is 2.84. The van der Waals surface area contributed by atoms with Crippen molar-refractivity contribution in [2.75, 3.05) is 33.2 Å². The van der Waals surface area contributed by atoms with Crippen LogP contribution in [0.1, 0.15) is 41.5 Å². The van der Waals surface area contributed by atoms with Crippen molar-refractivity contribution in [2.24, 2.45) is 5.73 Å². The summed E-state index contributed by atoms with van der Waals surface area (Å²) in [4.78, 5) is 4.84. The first-order valence-corrected chi connectivity index (χ1v) is 6.25. The fourth-order valence-corrected chi connectivity index (χ4v) is 2.28. The molecule has 0 saturated heterocycles. The highest BCUT2D eigenvalue weighted by Crippen LogP contribution is 2.23. The molecule has 0 bridgehead atoms. The molecule has 0 fully saturated rings. The lowest BCUT2D eigenvalue weighted by molar-refractivity contribution is 0.0311. The van der Waals surface area contributed by atoms with Crippen molar-refractivity contribution in [2.45, 2.75) is 52.6 Å². The normalized spacial score (nSPS) is 13.9. The minimum absolute atomic E-state index is 0.210. The smallest absolute Gasteiger partial charge is 0.0130 e. The Hall–Kier alpha value is -0.120. The van der Waals surface area contributed by atoms with Gasteiger partial charge in [-0.05, 0) is 48.6 Å². The molecule has 0 rings (SSSR count). The molecule has 3 heteroatoms. The van der Waals surface area contributed by atoms with Crippen LogP contribution in [0, 0.1) is 0 Å². The Labute approximate surface area is 102 Å². The molecule has 0 spiro atoms. The molecule has 0 aromatic rings. The van der Waals surface area contributed by atoms with E-state index in [4.69, 9.17) is 5.73 Å². The van der Waals surface area contributed by atoms with Crippen LogP contribution < -0.4 is 5.73 Å². The van der Waals surface area contributed by atoms with Crippen molar-refractivity contribution in [1.29, 1.82) is 0 Å². The molecular formula is C13H31N3. The summed E-state index contributed by atoms with van der Waals surface area (Å²) in [6.07, 6.45) is 0. The Bertz CT molecular complexity index is 174. The van der Waals surface area contributed by atoms with E-state index in [-0.39, 0.29) is 11.1 Å². The van der Waals surface area contributed by atoms with Gasteiger partial charge in [-0.3, -0.25) is 4.90 Å². The molecule has 98 valence electrons. The highest BCUT2D eigenvalue weighted by Gasteiger charge is 2.30. The van der Waals surface area contributed by atoms with Crippen molar-refractivity contribution >= 4 is 0 Å². The summed E-state index contributed by atoms with van der Waals surface area (Å²) in [5.41, 5.74) is 5.97. The molecule has 0 aromatic carbocycles. The van der Waals surface area contributed by atoms with E-state index in [9.17, 15) is 0 Å². The molecule has 3 nitrogen and oxygen atoms in total. The predicted molar refractivity (Wildman–Crippen MR) is 72.8 cm³/mol. The van der Waals surface area contributed by atoms with E-state index in [2.05, 4.69) is 58.4 Å². The summed E-state index contributed by atoms with van der Waals surface area (Å²) in [6.45, 7) is 17.5. The van der Waals surface area contributed by atoms with Crippen LogP contribution in [0.4, 0.5) is 0 Å². The number of hydrogen-bond donors (Lipinski definition) is 1. The summed E-state index contributed by atoms with van der Waals surface area (Å²) in [6, 6.07) is 0. The topological polar surface area (TPSA) is 32.5 Å². The second kappa shape index (κ2) is 5.99. The maximum absolute atomic E-state index is 5.55. The van der Waals surface area contributed by atoms with E-state index in [1.165, 1.54) is 0 Å². The fraction of sp³-hybridized carbons (Fsp3) is 1.00. The molecule has 0 aliphatic rings. The number of nitrogens with zero attached hydrogens (tertiary/aromatic N) is 2. The Morgan fingerprint density at radius 3 is 1.56 bits per heavy atom. The standard InChI is InChI=1S/C13H31N3/c1-12(2,3)16(13(4,5)6)11-10-15(7)9-8-14/h8-11,14H2,1-7H3. The van der Waals surface area contributed by atoms with Crippen LogP contribution in [-0.4, -0.2) is 54.1 Å². The van der Waals surface area contributed by atoms with Gasteiger partial charge in [0.05, 0.1) is 0 Å². The molecule has 16 heavy (non-hydrogen) atoms. The first-order valence-electron chi connectivity index (χ1n) is 6.25. The van der Waals surface area contributed by atoms with Gasteiger partial charge in [0.2, 0.25) is 0 Å². The van der Waals surface area contributed by atoms with Crippen molar-refractivity contribution < 1.29 is 0 Å². The molecule has 2 N–H and O–H groups in total. The maximum atomic E-state index is 5.55. The molecule has 0 atom stereocenters. The Morgan fingerprint density at radius 1 is 0.812 bits per heavy atom. The Morgan fingerprint density at radius 2 is 1.25 bits per heavy atom. The number of nitrogens with two attached hydrogens (primary N) is 1. The zero-order valence-corrected chi connectivity index (χ0v) is 12.3. The highest BCUT2D eigenvalue weighted by molar-refractivity contribution is 4.87. The molecule has 0 radical (unpaired) electrons. The predicted octanol–water partition coefficient (Wildman–Crippen LogP) is 1.78. The van der Waals surface area contributed by atoms with Gasteiger partial charge in [-0.25, -0.2) is 0 Å². The first kappa shape index (κ1) is 15.9. The van der Waals surface area contributed by atoms with Gasteiger partial charge in [0.1, 0.15) is 0 Å². The lowest BCUT2D eigenvalue weighted by Gasteiger charge is -2.46. The number of rotatable bonds is 5. The van der Waals surface area contributed by atoms with Crippen LogP contribution in [-0.2, 0) is 0 Å². The van der Waals surface area contributed by atoms with Gasteiger partial charge in [0, 0.05) is 37.3 Å². The van der Waals surface area contributed by atoms with E-state index in [0.717, 1.165) is 26.2 Å². The van der Waals surface area contributed by atoms with Gasteiger partial charge in [0.15, 0.2) is 0 Å². The minimum atomic E-state index is 0.210. The molecule has 0 unspecified atom stereocenters. The van der Waals surface area contributed by atoms with Crippen LogP contribution in [0.15, 0.2) is 0 Å². The quantitative estimate of drug-likeness (QED) is 0.780. The van der Waals surface area contributed by atoms with E-state index >= 15 is 0 Å². The molecule has 0 amide bonds. The Kier molecular flexibility index (Phi) is 5.94. The third kappa shape index (κ3) is 5.83. The molecule has 0 heterocycles. The molecular weight excluding hydrogens is 198 g/mol. The van der Waals surface area contributed by atoms with Crippen LogP contribution in [0.3, 0.4) is 0 Å². The summed E-state index contributed by atoms with van der Waals surface area (Å²) in [7, 11) is 2.14. The lowest BCUT2D eigenvalue weighted by atomic mass is 9.96. The van der Waals surface area contributed by atoms with Crippen molar-refractivity contribution in [3.63, 3.8) is 0 Å². The van der Waals surface area contributed by atoms with E-state index in [0.29, 0.717) is 0 Å². The SMILES string of the molecule is CN(CCN)CCN(C(C)(C)C)C(C)(C)C. The number of hydrogen-bond acceptors (Lipinski definition) is 3. The van der Waals surface area contributed by atoms with E-state index < -0.39 is 0 Å². The van der Waals surface area contributed by atoms with Crippen molar-refractivity contribution in [3.8, 4) is 0 Å². The summed E-state index contributed by atoms with van der Waals surface area (Å²) >= 11 is 0. The maximum Gasteiger partial charge on any atom is 0.0130 e. The molecule has 0 saturated carbocycles. The van der Waals surface area contributed by atoms with E-state index in [1.54, 1.807) is 0 Å². The summed E-state index contributed by atoms with van der Waals surface area (Å²) in [5.74, 6) is 0. The third-order valence-electron chi connectivity index (χ3n) is 2.84. The largest absolute Gasteiger partial charge is 0.329 e. The summed E-state index contributed by atoms with van der Waals surface area (Å²) < 4.78 is 0. The zero-order chi connectivity index (χ0) is 13.0. The van der Waals surface area contributed by atoms with Crippen molar-refractivity contribution in [1.82, 2.24) is 9.80 Å². The Balaban J connectivity index is 4.36. The lowest BCUT2D eigenvalue weighted by Crippen LogP contribution is -2.54. The first-order chi connectivity index (χ1) is 7.09. The van der Waals surface area contributed by atoms with Crippen LogP contribution in [0.2, 0.25) is 0 Å².